The minimum Gasteiger partial charge on any atom is -0.459 e. The van der Waals surface area contributed by atoms with Gasteiger partial charge in [-0.05, 0) is 48.3 Å². The Morgan fingerprint density at radius 3 is 2.48 bits per heavy atom. The van der Waals surface area contributed by atoms with Crippen molar-refractivity contribution in [2.45, 2.75) is 23.9 Å². The van der Waals surface area contributed by atoms with Crippen LogP contribution in [0.1, 0.15) is 22.5 Å². The van der Waals surface area contributed by atoms with Crippen LogP contribution in [-0.2, 0) is 21.4 Å². The molecule has 0 aliphatic carbocycles. The molecule has 8 nitrogen and oxygen atoms in total. The van der Waals surface area contributed by atoms with Crippen LogP contribution in [0, 0.1) is 0 Å². The lowest BCUT2D eigenvalue weighted by Gasteiger charge is -2.17. The van der Waals surface area contributed by atoms with Crippen molar-refractivity contribution in [2.75, 3.05) is 12.0 Å². The van der Waals surface area contributed by atoms with Gasteiger partial charge in [-0.2, -0.15) is 11.8 Å². The fourth-order valence-corrected chi connectivity index (χ4v) is 3.24. The number of furan rings is 1. The largest absolute Gasteiger partial charge is 0.459 e. The number of nitrogens with two attached hydrogens (primary N) is 1. The lowest BCUT2D eigenvalue weighted by atomic mass is 10.2. The number of hydrogen-bond acceptors (Lipinski definition) is 6. The van der Waals surface area contributed by atoms with Gasteiger partial charge in [-0.15, -0.1) is 0 Å². The monoisotopic (exact) mass is 411 g/mol. The Labute approximate surface area is 161 Å². The van der Waals surface area contributed by atoms with E-state index in [-0.39, 0.29) is 23.1 Å². The SMILES string of the molecule is CSCCC(NC(=O)c1ccco1)C(=O)NCc1ccc(S(N)(=O)=O)cc1. The van der Waals surface area contributed by atoms with E-state index in [1.165, 1.54) is 24.5 Å². The molecule has 0 aliphatic rings. The fourth-order valence-electron chi connectivity index (χ4n) is 2.25. The van der Waals surface area contributed by atoms with E-state index in [2.05, 4.69) is 10.6 Å². The van der Waals surface area contributed by atoms with Crippen molar-refractivity contribution in [1.29, 1.82) is 0 Å². The quantitative estimate of drug-likeness (QED) is 0.566. The summed E-state index contributed by atoms with van der Waals surface area (Å²) < 4.78 is 27.6. The van der Waals surface area contributed by atoms with Crippen LogP contribution in [0.4, 0.5) is 0 Å². The molecule has 1 aromatic carbocycles. The molecule has 1 unspecified atom stereocenters. The second kappa shape index (κ2) is 9.58. The third-order valence-electron chi connectivity index (χ3n) is 3.70. The first-order valence-corrected chi connectivity index (χ1v) is 11.0. The molecule has 2 rings (SSSR count). The number of hydrogen-bond donors (Lipinski definition) is 3. The van der Waals surface area contributed by atoms with Crippen LogP contribution in [0.15, 0.2) is 52.0 Å². The number of benzene rings is 1. The molecule has 0 saturated heterocycles. The standard InChI is InChI=1S/C17H21N3O5S2/c1-26-10-8-14(20-17(22)15-3-2-9-25-15)16(21)19-11-12-4-6-13(7-5-12)27(18,23)24/h2-7,9,14H,8,10-11H2,1H3,(H,19,21)(H,20,22)(H2,18,23,24). The van der Waals surface area contributed by atoms with E-state index in [1.807, 2.05) is 6.26 Å². The summed E-state index contributed by atoms with van der Waals surface area (Å²) in [6, 6.07) is 8.29. The lowest BCUT2D eigenvalue weighted by Crippen LogP contribution is -2.46. The predicted octanol–water partition coefficient (Wildman–Crippen LogP) is 1.09. The summed E-state index contributed by atoms with van der Waals surface area (Å²) in [5.74, 6) is 0.0355. The van der Waals surface area contributed by atoms with Crippen molar-refractivity contribution in [2.24, 2.45) is 5.14 Å². The van der Waals surface area contributed by atoms with Crippen molar-refractivity contribution in [3.05, 3.63) is 54.0 Å². The van der Waals surface area contributed by atoms with E-state index >= 15 is 0 Å². The van der Waals surface area contributed by atoms with E-state index < -0.39 is 22.0 Å². The van der Waals surface area contributed by atoms with Crippen LogP contribution < -0.4 is 15.8 Å². The van der Waals surface area contributed by atoms with Crippen molar-refractivity contribution < 1.29 is 22.4 Å². The maximum absolute atomic E-state index is 12.5. The number of carbonyl (C=O) groups is 2. The minimum atomic E-state index is -3.76. The first-order valence-electron chi connectivity index (χ1n) is 8.04. The number of sulfonamides is 1. The average molecular weight is 412 g/mol. The maximum Gasteiger partial charge on any atom is 0.287 e. The normalized spacial score (nSPS) is 12.4. The molecule has 10 heteroatoms. The van der Waals surface area contributed by atoms with E-state index in [0.717, 1.165) is 0 Å². The summed E-state index contributed by atoms with van der Waals surface area (Å²) in [5.41, 5.74) is 0.705. The molecule has 2 amide bonds. The number of primary sulfonamides is 1. The molecule has 27 heavy (non-hydrogen) atoms. The zero-order valence-electron chi connectivity index (χ0n) is 14.7. The Hall–Kier alpha value is -2.30. The van der Waals surface area contributed by atoms with Crippen molar-refractivity contribution >= 4 is 33.6 Å². The Morgan fingerprint density at radius 2 is 1.93 bits per heavy atom. The Morgan fingerprint density at radius 1 is 1.22 bits per heavy atom. The van der Waals surface area contributed by atoms with E-state index in [1.54, 1.807) is 30.0 Å². The second-order valence-corrected chi connectivity index (χ2v) is 8.24. The van der Waals surface area contributed by atoms with Crippen molar-refractivity contribution in [3.8, 4) is 0 Å². The van der Waals surface area contributed by atoms with Crippen LogP contribution >= 0.6 is 11.8 Å². The molecule has 1 heterocycles. The predicted molar refractivity (Wildman–Crippen MR) is 103 cm³/mol. The summed E-state index contributed by atoms with van der Waals surface area (Å²) in [4.78, 5) is 24.6. The number of nitrogens with one attached hydrogen (secondary N) is 2. The van der Waals surface area contributed by atoms with E-state index in [0.29, 0.717) is 17.7 Å². The highest BCUT2D eigenvalue weighted by molar-refractivity contribution is 7.98. The molecule has 0 bridgehead atoms. The molecule has 0 radical (unpaired) electrons. The average Bonchev–Trinajstić information content (AvgIpc) is 3.17. The first-order chi connectivity index (χ1) is 12.8. The van der Waals surface area contributed by atoms with E-state index in [4.69, 9.17) is 9.56 Å². The topological polar surface area (TPSA) is 132 Å². The van der Waals surface area contributed by atoms with Gasteiger partial charge in [0, 0.05) is 6.54 Å². The van der Waals surface area contributed by atoms with Gasteiger partial charge < -0.3 is 15.1 Å². The highest BCUT2D eigenvalue weighted by Crippen LogP contribution is 2.09. The summed E-state index contributed by atoms with van der Waals surface area (Å²) in [5, 5.41) is 10.5. The zero-order valence-corrected chi connectivity index (χ0v) is 16.3. The molecule has 0 aliphatic heterocycles. The number of thioether (sulfide) groups is 1. The molecule has 146 valence electrons. The number of rotatable bonds is 9. The molecule has 0 saturated carbocycles. The molecule has 0 spiro atoms. The van der Waals surface area contributed by atoms with Gasteiger partial charge in [0.25, 0.3) is 5.91 Å². The van der Waals surface area contributed by atoms with Crippen LogP contribution in [0.25, 0.3) is 0 Å². The molecule has 2 aromatic rings. The summed E-state index contributed by atoms with van der Waals surface area (Å²) in [6.45, 7) is 0.191. The lowest BCUT2D eigenvalue weighted by molar-refractivity contribution is -0.123. The highest BCUT2D eigenvalue weighted by atomic mass is 32.2. The second-order valence-electron chi connectivity index (χ2n) is 5.69. The number of carbonyl (C=O) groups excluding carboxylic acids is 2. The third kappa shape index (κ3) is 6.42. The summed E-state index contributed by atoms with van der Waals surface area (Å²) >= 11 is 1.57. The van der Waals surface area contributed by atoms with Gasteiger partial charge in [-0.3, -0.25) is 9.59 Å². The molecule has 1 aromatic heterocycles. The van der Waals surface area contributed by atoms with Gasteiger partial charge in [0.15, 0.2) is 5.76 Å². The maximum atomic E-state index is 12.5. The van der Waals surface area contributed by atoms with Gasteiger partial charge in [-0.1, -0.05) is 12.1 Å². The highest BCUT2D eigenvalue weighted by Gasteiger charge is 2.22. The zero-order chi connectivity index (χ0) is 19.9. The fraction of sp³-hybridized carbons (Fsp3) is 0.294. The van der Waals surface area contributed by atoms with E-state index in [9.17, 15) is 18.0 Å². The molecular formula is C17H21N3O5S2. The molecule has 0 fully saturated rings. The summed E-state index contributed by atoms with van der Waals surface area (Å²) in [6.07, 6.45) is 3.76. The molecule has 1 atom stereocenters. The van der Waals surface area contributed by atoms with Gasteiger partial charge in [-0.25, -0.2) is 13.6 Å². The third-order valence-corrected chi connectivity index (χ3v) is 5.27. The van der Waals surface area contributed by atoms with Crippen molar-refractivity contribution in [1.82, 2.24) is 10.6 Å². The van der Waals surface area contributed by atoms with Crippen LogP contribution in [0.5, 0.6) is 0 Å². The van der Waals surface area contributed by atoms with Gasteiger partial charge in [0.05, 0.1) is 11.2 Å². The Bertz CT molecular complexity index is 864. The van der Waals surface area contributed by atoms with Gasteiger partial charge in [0.2, 0.25) is 15.9 Å². The van der Waals surface area contributed by atoms with Gasteiger partial charge >= 0.3 is 0 Å². The van der Waals surface area contributed by atoms with Crippen molar-refractivity contribution in [3.63, 3.8) is 0 Å². The molecular weight excluding hydrogens is 390 g/mol. The Balaban J connectivity index is 1.97. The van der Waals surface area contributed by atoms with Crippen LogP contribution in [0.2, 0.25) is 0 Å². The Kier molecular flexibility index (Phi) is 7.45. The van der Waals surface area contributed by atoms with Crippen LogP contribution in [-0.4, -0.2) is 38.3 Å². The first kappa shape index (κ1) is 21.0. The molecule has 4 N–H and O–H groups in total. The smallest absolute Gasteiger partial charge is 0.287 e. The van der Waals surface area contributed by atoms with Crippen LogP contribution in [0.3, 0.4) is 0 Å². The van der Waals surface area contributed by atoms with Gasteiger partial charge in [0.1, 0.15) is 6.04 Å². The number of amides is 2. The minimum absolute atomic E-state index is 0.00105. The summed E-state index contributed by atoms with van der Waals surface area (Å²) in [7, 11) is -3.76.